The fraction of sp³-hybridized carbons (Fsp3) is 0.381. The van der Waals surface area contributed by atoms with Gasteiger partial charge in [0.2, 0.25) is 15.9 Å². The molecule has 0 bridgehead atoms. The third-order valence-corrected chi connectivity index (χ3v) is 6.85. The van der Waals surface area contributed by atoms with Crippen molar-refractivity contribution in [2.45, 2.75) is 24.8 Å². The minimum atomic E-state index is -3.61. The monoisotopic (exact) mass is 417 g/mol. The number of benzene rings is 2. The molecule has 2 N–H and O–H groups in total. The maximum absolute atomic E-state index is 12.9. The van der Waals surface area contributed by atoms with Crippen LogP contribution in [0.2, 0.25) is 0 Å². The highest BCUT2D eigenvalue weighted by Gasteiger charge is 2.26. The number of nitrogens with zero attached hydrogens (tertiary/aromatic N) is 1. The molecular formula is C21H27N3O4S. The minimum absolute atomic E-state index is 0.0241. The molecule has 1 atom stereocenters. The first-order chi connectivity index (χ1) is 13.9. The van der Waals surface area contributed by atoms with E-state index < -0.39 is 10.0 Å². The van der Waals surface area contributed by atoms with Crippen LogP contribution in [0.3, 0.4) is 0 Å². The van der Waals surface area contributed by atoms with E-state index in [1.54, 1.807) is 12.1 Å². The summed E-state index contributed by atoms with van der Waals surface area (Å²) in [5.41, 5.74) is 2.39. The molecule has 7 nitrogen and oxygen atoms in total. The SMILES string of the molecule is Cc1ccc(S(=O)(=O)N2CCOCC2)cc1NC(=O)CN[C@@H](C)c1ccccc1. The maximum Gasteiger partial charge on any atom is 0.243 e. The maximum atomic E-state index is 12.9. The molecule has 8 heteroatoms. The number of anilines is 1. The average Bonchev–Trinajstić information content (AvgIpc) is 2.74. The Morgan fingerprint density at radius 3 is 2.52 bits per heavy atom. The molecule has 156 valence electrons. The van der Waals surface area contributed by atoms with Crippen molar-refractivity contribution in [2.24, 2.45) is 0 Å². The molecule has 29 heavy (non-hydrogen) atoms. The molecule has 1 amide bonds. The third-order valence-electron chi connectivity index (χ3n) is 4.96. The fourth-order valence-corrected chi connectivity index (χ4v) is 4.57. The quantitative estimate of drug-likeness (QED) is 0.722. The number of aryl methyl sites for hydroxylation is 1. The van der Waals surface area contributed by atoms with E-state index in [0.29, 0.717) is 32.0 Å². The predicted octanol–water partition coefficient (Wildman–Crippen LogP) is 2.31. The van der Waals surface area contributed by atoms with Crippen molar-refractivity contribution in [3.05, 3.63) is 59.7 Å². The van der Waals surface area contributed by atoms with E-state index in [4.69, 9.17) is 4.74 Å². The molecule has 3 rings (SSSR count). The molecule has 1 fully saturated rings. The Kier molecular flexibility index (Phi) is 7.02. The molecule has 0 aliphatic carbocycles. The summed E-state index contributed by atoms with van der Waals surface area (Å²) >= 11 is 0. The van der Waals surface area contributed by atoms with Crippen LogP contribution < -0.4 is 10.6 Å². The lowest BCUT2D eigenvalue weighted by molar-refractivity contribution is -0.115. The van der Waals surface area contributed by atoms with Gasteiger partial charge in [0.15, 0.2) is 0 Å². The van der Waals surface area contributed by atoms with Crippen molar-refractivity contribution < 1.29 is 17.9 Å². The average molecular weight is 418 g/mol. The van der Waals surface area contributed by atoms with E-state index in [-0.39, 0.29) is 23.4 Å². The lowest BCUT2D eigenvalue weighted by atomic mass is 10.1. The van der Waals surface area contributed by atoms with Gasteiger partial charge in [-0.25, -0.2) is 8.42 Å². The lowest BCUT2D eigenvalue weighted by Crippen LogP contribution is -2.40. The van der Waals surface area contributed by atoms with Crippen molar-refractivity contribution in [1.29, 1.82) is 0 Å². The number of ether oxygens (including phenoxy) is 1. The van der Waals surface area contributed by atoms with Crippen molar-refractivity contribution in [3.8, 4) is 0 Å². The second-order valence-corrected chi connectivity index (χ2v) is 8.99. The number of hydrogen-bond donors (Lipinski definition) is 2. The molecule has 0 spiro atoms. The number of nitrogens with one attached hydrogen (secondary N) is 2. The second kappa shape index (κ2) is 9.49. The van der Waals surface area contributed by atoms with Crippen LogP contribution in [0.15, 0.2) is 53.4 Å². The van der Waals surface area contributed by atoms with E-state index in [1.165, 1.54) is 10.4 Å². The summed E-state index contributed by atoms with van der Waals surface area (Å²) in [4.78, 5) is 12.6. The van der Waals surface area contributed by atoms with E-state index in [1.807, 2.05) is 44.2 Å². The van der Waals surface area contributed by atoms with Gasteiger partial charge in [-0.1, -0.05) is 36.4 Å². The summed E-state index contributed by atoms with van der Waals surface area (Å²) in [6, 6.07) is 14.7. The summed E-state index contributed by atoms with van der Waals surface area (Å²) in [6.45, 7) is 5.39. The topological polar surface area (TPSA) is 87.7 Å². The Labute approximate surface area is 172 Å². The zero-order valence-electron chi connectivity index (χ0n) is 16.7. The van der Waals surface area contributed by atoms with Crippen molar-refractivity contribution in [1.82, 2.24) is 9.62 Å². The molecular weight excluding hydrogens is 390 g/mol. The highest BCUT2D eigenvalue weighted by Crippen LogP contribution is 2.23. The van der Waals surface area contributed by atoms with Gasteiger partial charge in [-0.15, -0.1) is 0 Å². The molecule has 0 unspecified atom stereocenters. The van der Waals surface area contributed by atoms with Crippen molar-refractivity contribution in [2.75, 3.05) is 38.2 Å². The summed E-state index contributed by atoms with van der Waals surface area (Å²) < 4.78 is 32.4. The van der Waals surface area contributed by atoms with Crippen LogP contribution in [-0.4, -0.2) is 51.5 Å². The minimum Gasteiger partial charge on any atom is -0.379 e. The van der Waals surface area contributed by atoms with Crippen LogP contribution in [0.5, 0.6) is 0 Å². The smallest absolute Gasteiger partial charge is 0.243 e. The fourth-order valence-electron chi connectivity index (χ4n) is 3.13. The van der Waals surface area contributed by atoms with E-state index in [2.05, 4.69) is 10.6 Å². The van der Waals surface area contributed by atoms with E-state index in [0.717, 1.165) is 11.1 Å². The van der Waals surface area contributed by atoms with Crippen LogP contribution in [-0.2, 0) is 19.6 Å². The molecule has 1 heterocycles. The number of sulfonamides is 1. The molecule has 2 aromatic carbocycles. The van der Waals surface area contributed by atoms with Gasteiger partial charge < -0.3 is 15.4 Å². The summed E-state index contributed by atoms with van der Waals surface area (Å²) in [5, 5.41) is 6.01. The first-order valence-electron chi connectivity index (χ1n) is 9.64. The van der Waals surface area contributed by atoms with Crippen LogP contribution in [0.4, 0.5) is 5.69 Å². The molecule has 1 saturated heterocycles. The van der Waals surface area contributed by atoms with Crippen LogP contribution >= 0.6 is 0 Å². The number of rotatable bonds is 7. The molecule has 0 saturated carbocycles. The van der Waals surface area contributed by atoms with Gasteiger partial charge in [0.05, 0.1) is 24.7 Å². The normalized spacial score (nSPS) is 16.3. The molecule has 0 radical (unpaired) electrons. The Morgan fingerprint density at radius 2 is 1.83 bits per heavy atom. The van der Waals surface area contributed by atoms with Gasteiger partial charge in [-0.2, -0.15) is 4.31 Å². The summed E-state index contributed by atoms with van der Waals surface area (Å²) in [7, 11) is -3.61. The molecule has 1 aliphatic heterocycles. The van der Waals surface area contributed by atoms with Gasteiger partial charge in [0.25, 0.3) is 0 Å². The van der Waals surface area contributed by atoms with Crippen LogP contribution in [0, 0.1) is 6.92 Å². The van der Waals surface area contributed by atoms with Gasteiger partial charge >= 0.3 is 0 Å². The Hall–Kier alpha value is -2.26. The van der Waals surface area contributed by atoms with Crippen molar-refractivity contribution >= 4 is 21.6 Å². The van der Waals surface area contributed by atoms with Crippen LogP contribution in [0.1, 0.15) is 24.1 Å². The number of carbonyl (C=O) groups excluding carboxylic acids is 1. The third kappa shape index (κ3) is 5.42. The standard InChI is InChI=1S/C21H27N3O4S/c1-16-8-9-19(29(26,27)24-10-12-28-13-11-24)14-20(16)23-21(25)15-22-17(2)18-6-4-3-5-7-18/h3-9,14,17,22H,10-13,15H2,1-2H3,(H,23,25)/t17-/m0/s1. The Bertz CT molecular complexity index is 942. The first kappa shape index (κ1) is 21.4. The number of amides is 1. The van der Waals surface area contributed by atoms with Crippen LogP contribution in [0.25, 0.3) is 0 Å². The van der Waals surface area contributed by atoms with E-state index in [9.17, 15) is 13.2 Å². The highest BCUT2D eigenvalue weighted by atomic mass is 32.2. The van der Waals surface area contributed by atoms with Crippen molar-refractivity contribution in [3.63, 3.8) is 0 Å². The predicted molar refractivity (Wildman–Crippen MR) is 112 cm³/mol. The number of hydrogen-bond acceptors (Lipinski definition) is 5. The highest BCUT2D eigenvalue weighted by molar-refractivity contribution is 7.89. The van der Waals surface area contributed by atoms with Gasteiger partial charge in [-0.05, 0) is 37.1 Å². The zero-order valence-corrected chi connectivity index (χ0v) is 17.5. The van der Waals surface area contributed by atoms with Gasteiger partial charge in [-0.3, -0.25) is 4.79 Å². The molecule has 0 aromatic heterocycles. The molecule has 1 aliphatic rings. The Morgan fingerprint density at radius 1 is 1.14 bits per heavy atom. The first-order valence-corrected chi connectivity index (χ1v) is 11.1. The largest absolute Gasteiger partial charge is 0.379 e. The zero-order chi connectivity index (χ0) is 20.9. The van der Waals surface area contributed by atoms with Gasteiger partial charge in [0.1, 0.15) is 0 Å². The number of morpholine rings is 1. The number of carbonyl (C=O) groups is 1. The second-order valence-electron chi connectivity index (χ2n) is 7.05. The summed E-state index contributed by atoms with van der Waals surface area (Å²) in [5.74, 6) is -0.225. The Balaban J connectivity index is 1.66. The van der Waals surface area contributed by atoms with Gasteiger partial charge in [0, 0.05) is 24.8 Å². The van der Waals surface area contributed by atoms with E-state index >= 15 is 0 Å². The summed E-state index contributed by atoms with van der Waals surface area (Å²) in [6.07, 6.45) is 0. The lowest BCUT2D eigenvalue weighted by Gasteiger charge is -2.26. The molecule has 2 aromatic rings.